The molecule has 0 aromatic heterocycles. The molecule has 0 radical (unpaired) electrons. The Morgan fingerprint density at radius 1 is 1.19 bits per heavy atom. The summed E-state index contributed by atoms with van der Waals surface area (Å²) in [4.78, 5) is 0.107. The molecule has 2 rings (SSSR count). The maximum Gasteiger partial charge on any atom is 0.238 e. The van der Waals surface area contributed by atoms with Gasteiger partial charge in [0, 0.05) is 16.8 Å². The number of primary sulfonamides is 1. The molecule has 0 saturated carbocycles. The van der Waals surface area contributed by atoms with E-state index >= 15 is 0 Å². The molecule has 0 amide bonds. The molecule has 0 aliphatic carbocycles. The van der Waals surface area contributed by atoms with Crippen LogP contribution in [-0.2, 0) is 10.0 Å². The van der Waals surface area contributed by atoms with Gasteiger partial charge in [-0.15, -0.1) is 0 Å². The summed E-state index contributed by atoms with van der Waals surface area (Å²) >= 11 is 6.09. The number of hydrogen-bond acceptors (Lipinski definition) is 3. The highest BCUT2D eigenvalue weighted by Crippen LogP contribution is 2.25. The summed E-state index contributed by atoms with van der Waals surface area (Å²) in [5.41, 5.74) is 2.71. The van der Waals surface area contributed by atoms with Gasteiger partial charge in [-0.3, -0.25) is 0 Å². The fourth-order valence-corrected chi connectivity index (χ4v) is 2.73. The lowest BCUT2D eigenvalue weighted by Crippen LogP contribution is -2.13. The van der Waals surface area contributed by atoms with E-state index < -0.39 is 10.0 Å². The lowest BCUT2D eigenvalue weighted by Gasteiger charge is -2.17. The molecule has 2 aromatic rings. The fourth-order valence-electron chi connectivity index (χ4n) is 1.98. The van der Waals surface area contributed by atoms with Gasteiger partial charge in [0.05, 0.1) is 4.90 Å². The van der Waals surface area contributed by atoms with Crippen molar-refractivity contribution in [3.63, 3.8) is 0 Å². The second-order valence-corrected chi connectivity index (χ2v) is 6.92. The highest BCUT2D eigenvalue weighted by atomic mass is 35.5. The number of hydrogen-bond donors (Lipinski definition) is 2. The first kappa shape index (κ1) is 15.8. The predicted molar refractivity (Wildman–Crippen MR) is 86.0 cm³/mol. The number of halogens is 1. The van der Waals surface area contributed by atoms with Crippen LogP contribution in [0.5, 0.6) is 0 Å². The maximum atomic E-state index is 11.4. The number of rotatable bonds is 4. The second kappa shape index (κ2) is 6.05. The van der Waals surface area contributed by atoms with Gasteiger partial charge in [-0.05, 0) is 49.2 Å². The van der Waals surface area contributed by atoms with Crippen molar-refractivity contribution in [3.8, 4) is 0 Å². The van der Waals surface area contributed by atoms with Crippen LogP contribution in [0.1, 0.15) is 24.1 Å². The zero-order chi connectivity index (χ0) is 15.6. The number of nitrogens with two attached hydrogens (primary N) is 1. The molecule has 0 aliphatic heterocycles. The topological polar surface area (TPSA) is 72.2 Å². The third-order valence-corrected chi connectivity index (χ3v) is 4.56. The summed E-state index contributed by atoms with van der Waals surface area (Å²) in [7, 11) is -3.69. The molecule has 0 fully saturated rings. The van der Waals surface area contributed by atoms with Crippen molar-refractivity contribution in [2.24, 2.45) is 5.14 Å². The van der Waals surface area contributed by atoms with Gasteiger partial charge in [-0.2, -0.15) is 0 Å². The quantitative estimate of drug-likeness (QED) is 0.904. The van der Waals surface area contributed by atoms with Crippen molar-refractivity contribution in [1.29, 1.82) is 0 Å². The summed E-state index contributed by atoms with van der Waals surface area (Å²) in [5.74, 6) is 0. The maximum absolute atomic E-state index is 11.4. The molecule has 6 heteroatoms. The number of aryl methyl sites for hydroxylation is 1. The largest absolute Gasteiger partial charge is 0.378 e. The third-order valence-electron chi connectivity index (χ3n) is 3.24. The molecular weight excluding hydrogens is 308 g/mol. The molecule has 1 unspecified atom stereocenters. The van der Waals surface area contributed by atoms with Gasteiger partial charge in [-0.1, -0.05) is 29.8 Å². The first-order chi connectivity index (χ1) is 9.77. The van der Waals surface area contributed by atoms with Crippen molar-refractivity contribution in [2.75, 3.05) is 5.32 Å². The fraction of sp³-hybridized carbons (Fsp3) is 0.200. The molecule has 2 aromatic carbocycles. The Bertz CT molecular complexity index is 760. The van der Waals surface area contributed by atoms with Crippen molar-refractivity contribution in [3.05, 3.63) is 58.6 Å². The molecule has 0 aliphatic rings. The van der Waals surface area contributed by atoms with E-state index in [0.29, 0.717) is 5.02 Å². The standard InChI is InChI=1S/C15H17ClN2O2S/c1-10-6-7-13(9-15(10)16)18-11(2)12-4-3-5-14(8-12)21(17,19)20/h3-9,11,18H,1-2H3,(H2,17,19,20). The van der Waals surface area contributed by atoms with Crippen LogP contribution in [0.2, 0.25) is 5.02 Å². The number of anilines is 1. The SMILES string of the molecule is Cc1ccc(NC(C)c2cccc(S(N)(=O)=O)c2)cc1Cl. The Labute approximate surface area is 130 Å². The molecule has 0 heterocycles. The lowest BCUT2D eigenvalue weighted by atomic mass is 10.1. The van der Waals surface area contributed by atoms with Gasteiger partial charge in [-0.25, -0.2) is 13.6 Å². The molecule has 3 N–H and O–H groups in total. The van der Waals surface area contributed by atoms with Crippen LogP contribution in [0.25, 0.3) is 0 Å². The van der Waals surface area contributed by atoms with E-state index in [-0.39, 0.29) is 10.9 Å². The predicted octanol–water partition coefficient (Wildman–Crippen LogP) is 3.47. The van der Waals surface area contributed by atoms with Crippen LogP contribution in [0.15, 0.2) is 47.4 Å². The average molecular weight is 325 g/mol. The van der Waals surface area contributed by atoms with Crippen molar-refractivity contribution < 1.29 is 8.42 Å². The molecule has 1 atom stereocenters. The molecule has 21 heavy (non-hydrogen) atoms. The summed E-state index contributed by atoms with van der Waals surface area (Å²) in [6.07, 6.45) is 0. The summed E-state index contributed by atoms with van der Waals surface area (Å²) in [6, 6.07) is 12.2. The minimum atomic E-state index is -3.69. The monoisotopic (exact) mass is 324 g/mol. The summed E-state index contributed by atoms with van der Waals surface area (Å²) in [5, 5.41) is 9.12. The normalized spacial score (nSPS) is 13.0. The Kier molecular flexibility index (Phi) is 4.56. The molecule has 0 bridgehead atoms. The van der Waals surface area contributed by atoms with Gasteiger partial charge in [0.2, 0.25) is 10.0 Å². The molecular formula is C15H17ClN2O2S. The van der Waals surface area contributed by atoms with Gasteiger partial charge < -0.3 is 5.32 Å². The third kappa shape index (κ3) is 3.97. The number of sulfonamides is 1. The first-order valence-electron chi connectivity index (χ1n) is 6.43. The van der Waals surface area contributed by atoms with Gasteiger partial charge in [0.25, 0.3) is 0 Å². The Hall–Kier alpha value is -1.56. The van der Waals surface area contributed by atoms with Crippen LogP contribution in [0, 0.1) is 6.92 Å². The van der Waals surface area contributed by atoms with E-state index in [0.717, 1.165) is 16.8 Å². The highest BCUT2D eigenvalue weighted by molar-refractivity contribution is 7.89. The minimum absolute atomic E-state index is 0.0783. The molecule has 112 valence electrons. The van der Waals surface area contributed by atoms with Gasteiger partial charge in [0.15, 0.2) is 0 Å². The van der Waals surface area contributed by atoms with Gasteiger partial charge in [0.1, 0.15) is 0 Å². The smallest absolute Gasteiger partial charge is 0.238 e. The second-order valence-electron chi connectivity index (χ2n) is 4.95. The number of nitrogens with one attached hydrogen (secondary N) is 1. The number of benzene rings is 2. The Morgan fingerprint density at radius 2 is 1.90 bits per heavy atom. The van der Waals surface area contributed by atoms with E-state index in [4.69, 9.17) is 16.7 Å². The van der Waals surface area contributed by atoms with Crippen molar-refractivity contribution in [1.82, 2.24) is 0 Å². The summed E-state index contributed by atoms with van der Waals surface area (Å²) in [6.45, 7) is 3.88. The van der Waals surface area contributed by atoms with Crippen LogP contribution >= 0.6 is 11.6 Å². The molecule has 0 saturated heterocycles. The van der Waals surface area contributed by atoms with E-state index in [1.54, 1.807) is 12.1 Å². The van der Waals surface area contributed by atoms with E-state index in [2.05, 4.69) is 5.32 Å². The zero-order valence-electron chi connectivity index (χ0n) is 11.8. The Morgan fingerprint density at radius 3 is 2.52 bits per heavy atom. The zero-order valence-corrected chi connectivity index (χ0v) is 13.4. The first-order valence-corrected chi connectivity index (χ1v) is 8.35. The van der Waals surface area contributed by atoms with Crippen LogP contribution in [0.3, 0.4) is 0 Å². The Balaban J connectivity index is 2.24. The van der Waals surface area contributed by atoms with E-state index in [1.165, 1.54) is 6.07 Å². The van der Waals surface area contributed by atoms with E-state index in [1.807, 2.05) is 38.1 Å². The molecule has 4 nitrogen and oxygen atoms in total. The van der Waals surface area contributed by atoms with Crippen LogP contribution in [-0.4, -0.2) is 8.42 Å². The summed E-state index contributed by atoms with van der Waals surface area (Å²) < 4.78 is 22.8. The molecule has 0 spiro atoms. The lowest BCUT2D eigenvalue weighted by molar-refractivity contribution is 0.597. The van der Waals surface area contributed by atoms with Crippen LogP contribution in [0.4, 0.5) is 5.69 Å². The minimum Gasteiger partial charge on any atom is -0.378 e. The van der Waals surface area contributed by atoms with Gasteiger partial charge >= 0.3 is 0 Å². The van der Waals surface area contributed by atoms with Crippen molar-refractivity contribution >= 4 is 27.3 Å². The average Bonchev–Trinajstić information content (AvgIpc) is 2.42. The van der Waals surface area contributed by atoms with Crippen LogP contribution < -0.4 is 10.5 Å². The highest BCUT2D eigenvalue weighted by Gasteiger charge is 2.11. The van der Waals surface area contributed by atoms with Crippen molar-refractivity contribution in [2.45, 2.75) is 24.8 Å². The van der Waals surface area contributed by atoms with E-state index in [9.17, 15) is 8.42 Å².